The molecular formula is C10H7N3OS. The lowest BCUT2D eigenvalue weighted by atomic mass is 10.3. The fourth-order valence-corrected chi connectivity index (χ4v) is 2.46. The molecule has 0 bridgehead atoms. The van der Waals surface area contributed by atoms with E-state index >= 15 is 0 Å². The summed E-state index contributed by atoms with van der Waals surface area (Å²) in [6.45, 7) is 0. The Hall–Kier alpha value is -1.62. The van der Waals surface area contributed by atoms with Crippen molar-refractivity contribution < 1.29 is 4.79 Å². The molecule has 15 heavy (non-hydrogen) atoms. The molecule has 0 unspecified atom stereocenters. The molecule has 0 aromatic heterocycles. The molecule has 0 amide bonds. The number of hydrogen-bond acceptors (Lipinski definition) is 4. The van der Waals surface area contributed by atoms with Crippen LogP contribution in [0.4, 0.5) is 5.69 Å². The van der Waals surface area contributed by atoms with Gasteiger partial charge in [0.1, 0.15) is 5.84 Å². The number of nitrogens with zero attached hydrogens (tertiary/aromatic N) is 2. The van der Waals surface area contributed by atoms with Gasteiger partial charge in [-0.1, -0.05) is 12.1 Å². The molecule has 0 spiro atoms. The number of carbonyl (C=O) groups excluding carboxylic acids is 1. The monoisotopic (exact) mass is 217 g/mol. The maximum absolute atomic E-state index is 11.4. The van der Waals surface area contributed by atoms with Gasteiger partial charge in [0, 0.05) is 11.9 Å². The molecule has 5 heteroatoms. The smallest absolute Gasteiger partial charge is 0.205 e. The number of para-hydroxylation sites is 1. The SMILES string of the molecule is N=C1C(=O)CC2=NSc3ccccc3N12. The van der Waals surface area contributed by atoms with Crippen molar-refractivity contribution in [1.29, 1.82) is 5.41 Å². The first-order chi connectivity index (χ1) is 7.27. The fraction of sp³-hybridized carbons (Fsp3) is 0.100. The number of benzene rings is 1. The maximum Gasteiger partial charge on any atom is 0.205 e. The van der Waals surface area contributed by atoms with Crippen LogP contribution in [0.15, 0.2) is 33.6 Å². The average molecular weight is 217 g/mol. The fourth-order valence-electron chi connectivity index (χ4n) is 1.71. The predicted molar refractivity (Wildman–Crippen MR) is 59.6 cm³/mol. The van der Waals surface area contributed by atoms with Crippen molar-refractivity contribution in [2.45, 2.75) is 11.3 Å². The van der Waals surface area contributed by atoms with Crippen LogP contribution in [-0.4, -0.2) is 17.5 Å². The van der Waals surface area contributed by atoms with Gasteiger partial charge in [0.2, 0.25) is 5.78 Å². The highest BCUT2D eigenvalue weighted by molar-refractivity contribution is 7.98. The number of anilines is 1. The lowest BCUT2D eigenvalue weighted by molar-refractivity contribution is -0.111. The molecule has 1 aromatic carbocycles. The van der Waals surface area contributed by atoms with Gasteiger partial charge in [0.15, 0.2) is 5.84 Å². The molecule has 3 rings (SSSR count). The molecule has 1 saturated heterocycles. The maximum atomic E-state index is 11.4. The summed E-state index contributed by atoms with van der Waals surface area (Å²) in [7, 11) is 0. The highest BCUT2D eigenvalue weighted by Gasteiger charge is 2.36. The van der Waals surface area contributed by atoms with Gasteiger partial charge in [-0.3, -0.25) is 15.1 Å². The zero-order valence-corrected chi connectivity index (χ0v) is 8.54. The molecule has 0 radical (unpaired) electrons. The molecule has 1 aromatic rings. The lowest BCUT2D eigenvalue weighted by Crippen LogP contribution is -2.31. The zero-order valence-electron chi connectivity index (χ0n) is 7.73. The van der Waals surface area contributed by atoms with Crippen molar-refractivity contribution in [2.24, 2.45) is 4.40 Å². The van der Waals surface area contributed by atoms with E-state index in [-0.39, 0.29) is 18.0 Å². The molecule has 2 aliphatic rings. The number of carbonyl (C=O) groups is 1. The largest absolute Gasteiger partial charge is 0.290 e. The van der Waals surface area contributed by atoms with Gasteiger partial charge < -0.3 is 0 Å². The van der Waals surface area contributed by atoms with Crippen molar-refractivity contribution in [3.05, 3.63) is 24.3 Å². The highest BCUT2D eigenvalue weighted by atomic mass is 32.2. The molecule has 4 nitrogen and oxygen atoms in total. The Morgan fingerprint density at radius 1 is 1.40 bits per heavy atom. The van der Waals surface area contributed by atoms with Crippen molar-refractivity contribution >= 4 is 35.1 Å². The van der Waals surface area contributed by atoms with E-state index in [1.807, 2.05) is 24.3 Å². The Morgan fingerprint density at radius 2 is 2.20 bits per heavy atom. The van der Waals surface area contributed by atoms with Gasteiger partial charge in [0.25, 0.3) is 0 Å². The second-order valence-corrected chi connectivity index (χ2v) is 4.16. The third-order valence-corrected chi connectivity index (χ3v) is 3.26. The molecule has 2 aliphatic heterocycles. The van der Waals surface area contributed by atoms with Crippen LogP contribution in [-0.2, 0) is 4.79 Å². The van der Waals surface area contributed by atoms with E-state index < -0.39 is 0 Å². The van der Waals surface area contributed by atoms with Crippen LogP contribution >= 0.6 is 11.9 Å². The van der Waals surface area contributed by atoms with Gasteiger partial charge in [-0.2, -0.15) is 4.40 Å². The minimum atomic E-state index is -0.161. The van der Waals surface area contributed by atoms with E-state index in [0.717, 1.165) is 10.6 Å². The van der Waals surface area contributed by atoms with Gasteiger partial charge in [-0.25, -0.2) is 0 Å². The van der Waals surface area contributed by atoms with E-state index in [0.29, 0.717) is 5.84 Å². The molecule has 1 fully saturated rings. The summed E-state index contributed by atoms with van der Waals surface area (Å²) >= 11 is 1.37. The second kappa shape index (κ2) is 2.93. The van der Waals surface area contributed by atoms with Crippen LogP contribution in [0.5, 0.6) is 0 Å². The normalized spacial score (nSPS) is 18.7. The van der Waals surface area contributed by atoms with E-state index in [2.05, 4.69) is 4.40 Å². The molecule has 0 saturated carbocycles. The van der Waals surface area contributed by atoms with Crippen molar-refractivity contribution in [1.82, 2.24) is 0 Å². The van der Waals surface area contributed by atoms with E-state index in [1.165, 1.54) is 11.9 Å². The minimum Gasteiger partial charge on any atom is -0.290 e. The quantitative estimate of drug-likeness (QED) is 0.675. The van der Waals surface area contributed by atoms with Crippen LogP contribution in [0.2, 0.25) is 0 Å². The third kappa shape index (κ3) is 1.13. The molecule has 1 N–H and O–H groups in total. The number of hydrogen-bond donors (Lipinski definition) is 1. The van der Waals surface area contributed by atoms with E-state index in [1.54, 1.807) is 4.90 Å². The summed E-state index contributed by atoms with van der Waals surface area (Å²) in [5, 5.41) is 7.70. The Kier molecular flexibility index (Phi) is 1.70. The Morgan fingerprint density at radius 3 is 3.07 bits per heavy atom. The number of rotatable bonds is 0. The molecule has 0 aliphatic carbocycles. The molecule has 2 heterocycles. The number of amidine groups is 2. The highest BCUT2D eigenvalue weighted by Crippen LogP contribution is 2.38. The van der Waals surface area contributed by atoms with Gasteiger partial charge in [-0.15, -0.1) is 0 Å². The predicted octanol–water partition coefficient (Wildman–Crippen LogP) is 1.86. The van der Waals surface area contributed by atoms with Crippen LogP contribution in [0.25, 0.3) is 0 Å². The first-order valence-corrected chi connectivity index (χ1v) is 5.29. The van der Waals surface area contributed by atoms with Crippen LogP contribution < -0.4 is 4.90 Å². The molecule has 0 atom stereocenters. The number of ketones is 1. The van der Waals surface area contributed by atoms with Crippen LogP contribution in [0.1, 0.15) is 6.42 Å². The molecular weight excluding hydrogens is 210 g/mol. The number of fused-ring (bicyclic) bond motifs is 3. The Labute approximate surface area is 90.6 Å². The molecule has 74 valence electrons. The van der Waals surface area contributed by atoms with Gasteiger partial charge >= 0.3 is 0 Å². The van der Waals surface area contributed by atoms with Gasteiger partial charge in [0.05, 0.1) is 17.0 Å². The van der Waals surface area contributed by atoms with E-state index in [4.69, 9.17) is 5.41 Å². The number of Topliss-reactive ketones (excluding diaryl/α,β-unsaturated/α-hetero) is 1. The minimum absolute atomic E-state index is 0.0292. The summed E-state index contributed by atoms with van der Waals surface area (Å²) in [4.78, 5) is 14.0. The summed E-state index contributed by atoms with van der Waals surface area (Å²) in [6, 6.07) is 7.67. The van der Waals surface area contributed by atoms with Crippen molar-refractivity contribution in [3.63, 3.8) is 0 Å². The topological polar surface area (TPSA) is 56.5 Å². The first kappa shape index (κ1) is 8.67. The summed E-state index contributed by atoms with van der Waals surface area (Å²) in [5.74, 6) is 0.543. The van der Waals surface area contributed by atoms with Gasteiger partial charge in [-0.05, 0) is 12.1 Å². The average Bonchev–Trinajstić information content (AvgIpc) is 2.55. The summed E-state index contributed by atoms with van der Waals surface area (Å²) in [5.41, 5.74) is 0.892. The van der Waals surface area contributed by atoms with Crippen molar-refractivity contribution in [2.75, 3.05) is 4.90 Å². The Balaban J connectivity index is 2.18. The summed E-state index contributed by atoms with van der Waals surface area (Å²) in [6.07, 6.45) is 0.250. The van der Waals surface area contributed by atoms with Crippen molar-refractivity contribution in [3.8, 4) is 0 Å². The standard InChI is InChI=1S/C10H7N3OS/c11-10-7(14)5-9-12-15-8-4-2-1-3-6(8)13(9)10/h1-4,11H,5H2. The lowest BCUT2D eigenvalue weighted by Gasteiger charge is -2.23. The first-order valence-electron chi connectivity index (χ1n) is 4.52. The van der Waals surface area contributed by atoms with E-state index in [9.17, 15) is 4.79 Å². The third-order valence-electron chi connectivity index (χ3n) is 2.42. The van der Waals surface area contributed by atoms with Crippen LogP contribution in [0, 0.1) is 5.41 Å². The Bertz CT molecular complexity index is 509. The number of nitrogens with one attached hydrogen (secondary N) is 1. The summed E-state index contributed by atoms with van der Waals surface area (Å²) < 4.78 is 4.23. The second-order valence-electron chi connectivity index (χ2n) is 3.35. The zero-order chi connectivity index (χ0) is 10.4. The van der Waals surface area contributed by atoms with Crippen LogP contribution in [0.3, 0.4) is 0 Å².